The molecule has 1 aliphatic heterocycles. The molecule has 1 rings (SSSR count). The Morgan fingerprint density at radius 3 is 2.47 bits per heavy atom. The molecule has 1 N–H and O–H groups in total. The normalized spacial score (nSPS) is 29.7. The van der Waals surface area contributed by atoms with E-state index >= 15 is 0 Å². The molecule has 114 valence electrons. The van der Waals surface area contributed by atoms with Crippen LogP contribution < -0.4 is 5.32 Å². The summed E-state index contributed by atoms with van der Waals surface area (Å²) in [6, 6.07) is 0.568. The quantitative estimate of drug-likeness (QED) is 0.751. The molecule has 0 aromatic heterocycles. The van der Waals surface area contributed by atoms with E-state index in [0.29, 0.717) is 11.5 Å². The van der Waals surface area contributed by atoms with Crippen LogP contribution >= 0.6 is 0 Å². The predicted molar refractivity (Wildman–Crippen MR) is 82.6 cm³/mol. The van der Waals surface area contributed by atoms with Gasteiger partial charge in [-0.3, -0.25) is 4.90 Å². The first-order chi connectivity index (χ1) is 8.83. The van der Waals surface area contributed by atoms with Crippen LogP contribution in [0.15, 0.2) is 0 Å². The molecule has 19 heavy (non-hydrogen) atoms. The van der Waals surface area contributed by atoms with Gasteiger partial charge in [-0.05, 0) is 25.2 Å². The topological polar surface area (TPSA) is 24.5 Å². The third-order valence-electron chi connectivity index (χ3n) is 4.56. The first kappa shape index (κ1) is 16.9. The van der Waals surface area contributed by atoms with Crippen molar-refractivity contribution >= 4 is 0 Å². The monoisotopic (exact) mass is 270 g/mol. The van der Waals surface area contributed by atoms with Gasteiger partial charge in [0.1, 0.15) is 0 Å². The van der Waals surface area contributed by atoms with E-state index in [2.05, 4.69) is 51.8 Å². The van der Waals surface area contributed by atoms with Crippen LogP contribution in [0.2, 0.25) is 0 Å². The van der Waals surface area contributed by atoms with Crippen LogP contribution in [0.25, 0.3) is 0 Å². The van der Waals surface area contributed by atoms with Crippen LogP contribution in [-0.4, -0.2) is 49.3 Å². The molecule has 3 heteroatoms. The van der Waals surface area contributed by atoms with Crippen molar-refractivity contribution in [2.24, 2.45) is 5.41 Å². The molecule has 2 atom stereocenters. The maximum atomic E-state index is 5.68. The average molecular weight is 270 g/mol. The molecule has 1 heterocycles. The largest absolute Gasteiger partial charge is 0.380 e. The van der Waals surface area contributed by atoms with Crippen molar-refractivity contribution in [2.75, 3.05) is 32.8 Å². The molecule has 0 aliphatic carbocycles. The molecule has 0 aromatic carbocycles. The second kappa shape index (κ2) is 7.05. The van der Waals surface area contributed by atoms with Crippen LogP contribution in [0.1, 0.15) is 54.4 Å². The molecule has 0 aromatic rings. The van der Waals surface area contributed by atoms with E-state index in [1.165, 1.54) is 6.42 Å². The summed E-state index contributed by atoms with van der Waals surface area (Å²) >= 11 is 0. The average Bonchev–Trinajstić information content (AvgIpc) is 2.35. The third kappa shape index (κ3) is 4.73. The molecule has 1 aliphatic rings. The maximum absolute atomic E-state index is 5.68. The van der Waals surface area contributed by atoms with Gasteiger partial charge in [0.25, 0.3) is 0 Å². The molecular formula is C16H34N2O. The first-order valence-electron chi connectivity index (χ1n) is 7.89. The van der Waals surface area contributed by atoms with Gasteiger partial charge in [0, 0.05) is 37.8 Å². The lowest BCUT2D eigenvalue weighted by Gasteiger charge is -2.51. The van der Waals surface area contributed by atoms with Crippen molar-refractivity contribution in [3.63, 3.8) is 0 Å². The molecule has 3 nitrogen and oxygen atoms in total. The smallest absolute Gasteiger partial charge is 0.0593 e. The minimum atomic E-state index is 0.275. The first-order valence-corrected chi connectivity index (χ1v) is 7.89. The molecule has 2 unspecified atom stereocenters. The summed E-state index contributed by atoms with van der Waals surface area (Å²) in [6.45, 7) is 18.8. The summed E-state index contributed by atoms with van der Waals surface area (Å²) in [5, 5.41) is 3.75. The summed E-state index contributed by atoms with van der Waals surface area (Å²) in [4.78, 5) is 2.63. The van der Waals surface area contributed by atoms with Crippen LogP contribution in [0.4, 0.5) is 0 Å². The fraction of sp³-hybridized carbons (Fsp3) is 1.00. The second-order valence-electron chi connectivity index (χ2n) is 7.21. The fourth-order valence-electron chi connectivity index (χ4n) is 2.67. The zero-order chi connectivity index (χ0) is 14.5. The van der Waals surface area contributed by atoms with Gasteiger partial charge in [0.15, 0.2) is 0 Å². The van der Waals surface area contributed by atoms with E-state index in [4.69, 9.17) is 4.74 Å². The minimum absolute atomic E-state index is 0.275. The molecule has 1 fully saturated rings. The number of nitrogens with zero attached hydrogens (tertiary/aromatic N) is 1. The van der Waals surface area contributed by atoms with E-state index in [1.54, 1.807) is 0 Å². The number of nitrogens with one attached hydrogen (secondary N) is 1. The minimum Gasteiger partial charge on any atom is -0.380 e. The lowest BCUT2D eigenvalue weighted by atomic mass is 9.81. The molecule has 0 amide bonds. The summed E-state index contributed by atoms with van der Waals surface area (Å²) in [7, 11) is 0. The number of hydrogen-bond acceptors (Lipinski definition) is 3. The van der Waals surface area contributed by atoms with Crippen molar-refractivity contribution in [2.45, 2.75) is 66.0 Å². The summed E-state index contributed by atoms with van der Waals surface area (Å²) in [5.74, 6) is 0. The second-order valence-corrected chi connectivity index (χ2v) is 7.21. The van der Waals surface area contributed by atoms with E-state index in [9.17, 15) is 0 Å². The number of piperazine rings is 1. The van der Waals surface area contributed by atoms with Crippen molar-refractivity contribution in [3.8, 4) is 0 Å². The Hall–Kier alpha value is -0.120. The van der Waals surface area contributed by atoms with Crippen molar-refractivity contribution in [1.29, 1.82) is 0 Å². The highest BCUT2D eigenvalue weighted by molar-refractivity contribution is 4.98. The summed E-state index contributed by atoms with van der Waals surface area (Å²) in [5.41, 5.74) is 0.592. The standard InChI is InChI=1S/C16H34N2O/c1-7-10-19-11-9-18-12-14(15(3,4)5)17-13-16(18,6)8-2/h14,17H,7-13H2,1-6H3. The molecular weight excluding hydrogens is 236 g/mol. The lowest BCUT2D eigenvalue weighted by molar-refractivity contribution is -0.000960. The van der Waals surface area contributed by atoms with Gasteiger partial charge in [-0.15, -0.1) is 0 Å². The Balaban J connectivity index is 2.58. The highest BCUT2D eigenvalue weighted by Gasteiger charge is 2.39. The zero-order valence-electron chi connectivity index (χ0n) is 13.9. The van der Waals surface area contributed by atoms with Crippen LogP contribution in [0.5, 0.6) is 0 Å². The third-order valence-corrected chi connectivity index (χ3v) is 4.56. The Bertz CT molecular complexity index is 262. The van der Waals surface area contributed by atoms with Crippen LogP contribution in [0.3, 0.4) is 0 Å². The van der Waals surface area contributed by atoms with Gasteiger partial charge in [-0.2, -0.15) is 0 Å². The highest BCUT2D eigenvalue weighted by Crippen LogP contribution is 2.29. The van der Waals surface area contributed by atoms with Crippen LogP contribution in [0, 0.1) is 5.41 Å². The summed E-state index contributed by atoms with van der Waals surface area (Å²) < 4.78 is 5.68. The molecule has 0 saturated carbocycles. The predicted octanol–water partition coefficient (Wildman–Crippen LogP) is 2.90. The van der Waals surface area contributed by atoms with Gasteiger partial charge in [-0.25, -0.2) is 0 Å². The molecule has 0 spiro atoms. The Labute approximate surface area is 120 Å². The number of hydrogen-bond donors (Lipinski definition) is 1. The van der Waals surface area contributed by atoms with Gasteiger partial charge in [0.05, 0.1) is 6.61 Å². The lowest BCUT2D eigenvalue weighted by Crippen LogP contribution is -2.66. The number of ether oxygens (including phenoxy) is 1. The van der Waals surface area contributed by atoms with Crippen molar-refractivity contribution in [3.05, 3.63) is 0 Å². The number of rotatable bonds is 6. The van der Waals surface area contributed by atoms with Gasteiger partial charge >= 0.3 is 0 Å². The fourth-order valence-corrected chi connectivity index (χ4v) is 2.67. The van der Waals surface area contributed by atoms with E-state index in [-0.39, 0.29) is 5.54 Å². The van der Waals surface area contributed by atoms with Crippen molar-refractivity contribution in [1.82, 2.24) is 10.2 Å². The highest BCUT2D eigenvalue weighted by atomic mass is 16.5. The van der Waals surface area contributed by atoms with Gasteiger partial charge in [-0.1, -0.05) is 34.6 Å². The van der Waals surface area contributed by atoms with E-state index in [0.717, 1.165) is 39.3 Å². The summed E-state index contributed by atoms with van der Waals surface area (Å²) in [6.07, 6.45) is 2.29. The molecule has 1 saturated heterocycles. The Morgan fingerprint density at radius 1 is 1.26 bits per heavy atom. The van der Waals surface area contributed by atoms with Gasteiger partial charge < -0.3 is 10.1 Å². The van der Waals surface area contributed by atoms with E-state index < -0.39 is 0 Å². The molecule has 0 bridgehead atoms. The van der Waals surface area contributed by atoms with E-state index in [1.807, 2.05) is 0 Å². The maximum Gasteiger partial charge on any atom is 0.0593 e. The Kier molecular flexibility index (Phi) is 6.28. The SMILES string of the molecule is CCCOCCN1CC(C(C)(C)C)NCC1(C)CC. The molecule has 0 radical (unpaired) electrons. The Morgan fingerprint density at radius 2 is 1.95 bits per heavy atom. The van der Waals surface area contributed by atoms with Gasteiger partial charge in [0.2, 0.25) is 0 Å². The zero-order valence-corrected chi connectivity index (χ0v) is 13.9. The van der Waals surface area contributed by atoms with Crippen LogP contribution in [-0.2, 0) is 4.74 Å². The van der Waals surface area contributed by atoms with Crippen molar-refractivity contribution < 1.29 is 4.74 Å².